The van der Waals surface area contributed by atoms with E-state index < -0.39 is 23.1 Å². The van der Waals surface area contributed by atoms with Gasteiger partial charge in [0.25, 0.3) is 5.91 Å². The van der Waals surface area contributed by atoms with Crippen LogP contribution in [0.2, 0.25) is 0 Å². The van der Waals surface area contributed by atoms with E-state index >= 15 is 0 Å². The lowest BCUT2D eigenvalue weighted by atomic mass is 9.74. The van der Waals surface area contributed by atoms with E-state index in [1.54, 1.807) is 36.0 Å². The molecule has 5 rings (SSSR count). The highest BCUT2D eigenvalue weighted by atomic mass is 19.4. The molecule has 1 saturated heterocycles. The summed E-state index contributed by atoms with van der Waals surface area (Å²) in [5.41, 5.74) is 6.43. The van der Waals surface area contributed by atoms with Crippen molar-refractivity contribution in [3.05, 3.63) is 71.7 Å². The number of Topliss-reactive ketones (excluding diaryl/α,β-unsaturated/α-hetero) is 1. The highest BCUT2D eigenvalue weighted by molar-refractivity contribution is 6.04. The second-order valence-corrected chi connectivity index (χ2v) is 9.20. The SMILES string of the molecule is CC(=O)[C@]1(c2nn(-c3ccc(C(=O)Nc4cc(C(F)(F)F)ccn4)cc3)c3c(N)nccc23)CCCNC1. The number of ketones is 1. The zero-order valence-electron chi connectivity index (χ0n) is 20.3. The molecule has 1 aliphatic heterocycles. The van der Waals surface area contributed by atoms with Crippen LogP contribution in [0.1, 0.15) is 41.4 Å². The Kier molecular flexibility index (Phi) is 6.35. The molecule has 9 nitrogen and oxygen atoms in total. The fourth-order valence-corrected chi connectivity index (χ4v) is 4.82. The lowest BCUT2D eigenvalue weighted by Gasteiger charge is -2.34. The number of nitrogens with zero attached hydrogens (tertiary/aromatic N) is 4. The van der Waals surface area contributed by atoms with Gasteiger partial charge in [0, 0.05) is 29.9 Å². The van der Waals surface area contributed by atoms with Gasteiger partial charge in [-0.3, -0.25) is 9.59 Å². The molecule has 1 fully saturated rings. The van der Waals surface area contributed by atoms with E-state index in [0.717, 1.165) is 31.3 Å². The Labute approximate surface area is 215 Å². The van der Waals surface area contributed by atoms with Crippen LogP contribution in [0.4, 0.5) is 24.8 Å². The third-order valence-electron chi connectivity index (χ3n) is 6.83. The number of rotatable bonds is 5. The first kappa shape index (κ1) is 25.3. The van der Waals surface area contributed by atoms with E-state index in [1.165, 1.54) is 12.1 Å². The Hall–Kier alpha value is -4.32. The van der Waals surface area contributed by atoms with Crippen LogP contribution in [-0.2, 0) is 16.4 Å². The standard InChI is InChI=1S/C26H24F3N7O2/c1-15(37)25(9-2-10-31-14-25)22-19-8-12-33-23(30)21(19)36(35-22)18-5-3-16(4-6-18)24(38)34-20-13-17(7-11-32-20)26(27,28)29/h3-8,11-13,31H,2,9-10,14H2,1H3,(H2,30,33)(H,32,34,38)/t25-/m0/s1. The number of hydrogen-bond donors (Lipinski definition) is 3. The van der Waals surface area contributed by atoms with Gasteiger partial charge in [0.15, 0.2) is 0 Å². The maximum atomic E-state index is 13.0. The molecule has 0 bridgehead atoms. The van der Waals surface area contributed by atoms with Crippen molar-refractivity contribution in [3.8, 4) is 5.69 Å². The van der Waals surface area contributed by atoms with E-state index in [9.17, 15) is 22.8 Å². The minimum Gasteiger partial charge on any atom is -0.382 e. The van der Waals surface area contributed by atoms with E-state index in [4.69, 9.17) is 10.8 Å². The number of nitrogens with two attached hydrogens (primary N) is 1. The molecule has 1 aromatic carbocycles. The van der Waals surface area contributed by atoms with Crippen molar-refractivity contribution in [2.75, 3.05) is 24.1 Å². The minimum atomic E-state index is -4.55. The number of nitrogen functional groups attached to an aromatic ring is 1. The van der Waals surface area contributed by atoms with Gasteiger partial charge in [0.2, 0.25) is 0 Å². The summed E-state index contributed by atoms with van der Waals surface area (Å²) in [5.74, 6) is -0.603. The van der Waals surface area contributed by atoms with Crippen molar-refractivity contribution >= 4 is 34.2 Å². The summed E-state index contributed by atoms with van der Waals surface area (Å²) < 4.78 is 40.5. The summed E-state index contributed by atoms with van der Waals surface area (Å²) in [7, 11) is 0. The molecule has 12 heteroatoms. The van der Waals surface area contributed by atoms with Crippen LogP contribution >= 0.6 is 0 Å². The second kappa shape index (κ2) is 9.53. The van der Waals surface area contributed by atoms with Gasteiger partial charge >= 0.3 is 6.18 Å². The van der Waals surface area contributed by atoms with Crippen molar-refractivity contribution in [3.63, 3.8) is 0 Å². The summed E-state index contributed by atoms with van der Waals surface area (Å²) in [4.78, 5) is 33.6. The molecule has 0 spiro atoms. The van der Waals surface area contributed by atoms with Gasteiger partial charge < -0.3 is 16.4 Å². The molecule has 0 unspecified atom stereocenters. The topological polar surface area (TPSA) is 128 Å². The number of piperidine rings is 1. The maximum Gasteiger partial charge on any atom is 0.416 e. The van der Waals surface area contributed by atoms with Crippen LogP contribution in [0.5, 0.6) is 0 Å². The zero-order chi connectivity index (χ0) is 27.1. The van der Waals surface area contributed by atoms with E-state index in [0.29, 0.717) is 35.2 Å². The lowest BCUT2D eigenvalue weighted by molar-refractivity contribution is -0.137. The van der Waals surface area contributed by atoms with E-state index in [2.05, 4.69) is 20.6 Å². The largest absolute Gasteiger partial charge is 0.416 e. The van der Waals surface area contributed by atoms with Gasteiger partial charge in [-0.05, 0) is 68.8 Å². The molecule has 196 valence electrons. The Balaban J connectivity index is 1.49. The molecule has 0 radical (unpaired) electrons. The summed E-state index contributed by atoms with van der Waals surface area (Å²) >= 11 is 0. The van der Waals surface area contributed by atoms with Gasteiger partial charge in [-0.15, -0.1) is 0 Å². The Morgan fingerprint density at radius 2 is 1.84 bits per heavy atom. The molecule has 1 aliphatic rings. The fourth-order valence-electron chi connectivity index (χ4n) is 4.82. The number of carbonyl (C=O) groups excluding carboxylic acids is 2. The molecule has 4 N–H and O–H groups in total. The van der Waals surface area contributed by atoms with Crippen LogP contribution in [0, 0.1) is 0 Å². The van der Waals surface area contributed by atoms with Crippen molar-refractivity contribution in [2.24, 2.45) is 0 Å². The molecule has 38 heavy (non-hydrogen) atoms. The normalized spacial score (nSPS) is 17.9. The molecular formula is C26H24F3N7O2. The molecule has 1 amide bonds. The first-order chi connectivity index (χ1) is 18.1. The molecule has 3 aromatic heterocycles. The van der Waals surface area contributed by atoms with Crippen LogP contribution < -0.4 is 16.4 Å². The number of amides is 1. The van der Waals surface area contributed by atoms with Crippen molar-refractivity contribution in [2.45, 2.75) is 31.4 Å². The Bertz CT molecular complexity index is 1520. The number of nitrogens with one attached hydrogen (secondary N) is 2. The maximum absolute atomic E-state index is 13.0. The zero-order valence-corrected chi connectivity index (χ0v) is 20.3. The molecule has 4 heterocycles. The van der Waals surface area contributed by atoms with Gasteiger partial charge in [0.1, 0.15) is 22.9 Å². The number of alkyl halides is 3. The summed E-state index contributed by atoms with van der Waals surface area (Å²) in [6.07, 6.45) is -0.533. The predicted molar refractivity (Wildman–Crippen MR) is 135 cm³/mol. The van der Waals surface area contributed by atoms with Crippen LogP contribution in [0.25, 0.3) is 16.6 Å². The number of anilines is 2. The minimum absolute atomic E-state index is 0.00172. The van der Waals surface area contributed by atoms with Gasteiger partial charge in [-0.25, -0.2) is 14.6 Å². The van der Waals surface area contributed by atoms with Gasteiger partial charge in [0.05, 0.1) is 22.4 Å². The highest BCUT2D eigenvalue weighted by Crippen LogP contribution is 2.38. The molecule has 4 aromatic rings. The van der Waals surface area contributed by atoms with Crippen molar-refractivity contribution < 1.29 is 22.8 Å². The number of benzene rings is 1. The molecular weight excluding hydrogens is 499 g/mol. The molecule has 0 saturated carbocycles. The average molecular weight is 524 g/mol. The van der Waals surface area contributed by atoms with E-state index in [1.807, 2.05) is 0 Å². The number of pyridine rings is 2. The summed E-state index contributed by atoms with van der Waals surface area (Å²) in [6.45, 7) is 2.84. The monoisotopic (exact) mass is 523 g/mol. The number of carbonyl (C=O) groups is 2. The highest BCUT2D eigenvalue weighted by Gasteiger charge is 2.42. The van der Waals surface area contributed by atoms with E-state index in [-0.39, 0.29) is 23.0 Å². The van der Waals surface area contributed by atoms with Crippen LogP contribution in [-0.4, -0.2) is 44.5 Å². The molecule has 0 aliphatic carbocycles. The van der Waals surface area contributed by atoms with Gasteiger partial charge in [-0.1, -0.05) is 0 Å². The second-order valence-electron chi connectivity index (χ2n) is 9.20. The van der Waals surface area contributed by atoms with Crippen LogP contribution in [0.15, 0.2) is 54.9 Å². The van der Waals surface area contributed by atoms with Crippen LogP contribution in [0.3, 0.4) is 0 Å². The summed E-state index contributed by atoms with van der Waals surface area (Å²) in [5, 5.41) is 11.2. The van der Waals surface area contributed by atoms with Crippen molar-refractivity contribution in [1.29, 1.82) is 0 Å². The van der Waals surface area contributed by atoms with Crippen molar-refractivity contribution in [1.82, 2.24) is 25.1 Å². The smallest absolute Gasteiger partial charge is 0.382 e. The number of fused-ring (bicyclic) bond motifs is 1. The molecule has 1 atom stereocenters. The first-order valence-electron chi connectivity index (χ1n) is 11.9. The lowest BCUT2D eigenvalue weighted by Crippen LogP contribution is -2.48. The third-order valence-corrected chi connectivity index (χ3v) is 6.83. The number of hydrogen-bond acceptors (Lipinski definition) is 7. The Morgan fingerprint density at radius 1 is 1.11 bits per heavy atom. The quantitative estimate of drug-likeness (QED) is 0.362. The average Bonchev–Trinajstić information content (AvgIpc) is 3.30. The summed E-state index contributed by atoms with van der Waals surface area (Å²) in [6, 6.07) is 9.68. The van der Waals surface area contributed by atoms with Gasteiger partial charge in [-0.2, -0.15) is 18.3 Å². The predicted octanol–water partition coefficient (Wildman–Crippen LogP) is 3.88. The third kappa shape index (κ3) is 4.47. The number of aromatic nitrogens is 4. The Morgan fingerprint density at radius 3 is 2.50 bits per heavy atom. The first-order valence-corrected chi connectivity index (χ1v) is 11.9. The fraction of sp³-hybridized carbons (Fsp3) is 0.269. The number of halogens is 3.